The van der Waals surface area contributed by atoms with Gasteiger partial charge in [0.2, 0.25) is 0 Å². The van der Waals surface area contributed by atoms with Gasteiger partial charge >= 0.3 is 0 Å². The average molecular weight is 377 g/mol. The SMILES string of the molecule is Cc1ccc(C(=O)Nc2cccnc2-c2cnn(C)c2)cc1N1CCOCC1. The summed E-state index contributed by atoms with van der Waals surface area (Å²) in [5, 5.41) is 7.20. The molecule has 1 amide bonds. The first-order valence-corrected chi connectivity index (χ1v) is 9.30. The largest absolute Gasteiger partial charge is 0.378 e. The lowest BCUT2D eigenvalue weighted by Gasteiger charge is -2.30. The summed E-state index contributed by atoms with van der Waals surface area (Å²) in [6.07, 6.45) is 5.32. The van der Waals surface area contributed by atoms with Gasteiger partial charge < -0.3 is 15.0 Å². The third kappa shape index (κ3) is 3.75. The van der Waals surface area contributed by atoms with Crippen LogP contribution in [0.1, 0.15) is 15.9 Å². The molecule has 0 radical (unpaired) electrons. The fraction of sp³-hybridized carbons (Fsp3) is 0.286. The van der Waals surface area contributed by atoms with Crippen molar-refractivity contribution in [2.24, 2.45) is 7.05 Å². The van der Waals surface area contributed by atoms with E-state index in [1.807, 2.05) is 43.6 Å². The molecule has 0 aliphatic carbocycles. The Hall–Kier alpha value is -3.19. The maximum atomic E-state index is 12.9. The molecule has 2 aromatic heterocycles. The van der Waals surface area contributed by atoms with E-state index in [4.69, 9.17) is 4.74 Å². The van der Waals surface area contributed by atoms with Crippen LogP contribution >= 0.6 is 0 Å². The number of ether oxygens (including phenoxy) is 1. The quantitative estimate of drug-likeness (QED) is 0.757. The lowest BCUT2D eigenvalue weighted by atomic mass is 10.1. The van der Waals surface area contributed by atoms with Crippen LogP contribution in [0.5, 0.6) is 0 Å². The van der Waals surface area contributed by atoms with Gasteiger partial charge in [-0.15, -0.1) is 0 Å². The van der Waals surface area contributed by atoms with Crippen LogP contribution in [0.15, 0.2) is 48.9 Å². The number of hydrogen-bond acceptors (Lipinski definition) is 5. The zero-order valence-corrected chi connectivity index (χ0v) is 16.1. The highest BCUT2D eigenvalue weighted by Gasteiger charge is 2.17. The Morgan fingerprint density at radius 3 is 2.79 bits per heavy atom. The van der Waals surface area contributed by atoms with E-state index < -0.39 is 0 Å². The number of carbonyl (C=O) groups is 1. The van der Waals surface area contributed by atoms with Crippen molar-refractivity contribution >= 4 is 17.3 Å². The van der Waals surface area contributed by atoms with Crippen LogP contribution in [-0.2, 0) is 11.8 Å². The fourth-order valence-electron chi connectivity index (χ4n) is 3.37. The van der Waals surface area contributed by atoms with E-state index in [0.717, 1.165) is 29.9 Å². The second kappa shape index (κ2) is 7.82. The molecule has 1 aromatic carbocycles. The molecule has 0 spiro atoms. The molecule has 0 bridgehead atoms. The lowest BCUT2D eigenvalue weighted by molar-refractivity contribution is 0.102. The van der Waals surface area contributed by atoms with E-state index in [-0.39, 0.29) is 5.91 Å². The number of nitrogens with one attached hydrogen (secondary N) is 1. The minimum atomic E-state index is -0.160. The Morgan fingerprint density at radius 1 is 1.21 bits per heavy atom. The highest BCUT2D eigenvalue weighted by molar-refractivity contribution is 6.06. The average Bonchev–Trinajstić information content (AvgIpc) is 3.15. The van der Waals surface area contributed by atoms with Crippen LogP contribution in [0.2, 0.25) is 0 Å². The van der Waals surface area contributed by atoms with Gasteiger partial charge in [0.25, 0.3) is 5.91 Å². The highest BCUT2D eigenvalue weighted by Crippen LogP contribution is 2.27. The Kier molecular flexibility index (Phi) is 5.08. The molecule has 3 heterocycles. The minimum absolute atomic E-state index is 0.160. The number of benzene rings is 1. The van der Waals surface area contributed by atoms with E-state index in [0.29, 0.717) is 30.2 Å². The number of aromatic nitrogens is 3. The van der Waals surface area contributed by atoms with Gasteiger partial charge in [-0.3, -0.25) is 14.5 Å². The summed E-state index contributed by atoms with van der Waals surface area (Å²) in [5.74, 6) is -0.160. The van der Waals surface area contributed by atoms with Gasteiger partial charge in [0.15, 0.2) is 0 Å². The molecule has 1 aliphatic rings. The minimum Gasteiger partial charge on any atom is -0.378 e. The molecule has 7 heteroatoms. The molecule has 3 aromatic rings. The molecule has 1 aliphatic heterocycles. The molecule has 0 saturated carbocycles. The van der Waals surface area contributed by atoms with E-state index in [1.54, 1.807) is 17.1 Å². The molecule has 0 unspecified atom stereocenters. The first-order chi connectivity index (χ1) is 13.6. The number of amides is 1. The molecule has 7 nitrogen and oxygen atoms in total. The van der Waals surface area contributed by atoms with Crippen molar-refractivity contribution in [1.29, 1.82) is 0 Å². The van der Waals surface area contributed by atoms with Crippen LogP contribution in [-0.4, -0.2) is 47.0 Å². The van der Waals surface area contributed by atoms with E-state index in [9.17, 15) is 4.79 Å². The van der Waals surface area contributed by atoms with Gasteiger partial charge in [-0.1, -0.05) is 6.07 Å². The summed E-state index contributed by atoms with van der Waals surface area (Å²) in [7, 11) is 1.85. The third-order valence-corrected chi connectivity index (χ3v) is 4.86. The molecule has 4 rings (SSSR count). The van der Waals surface area contributed by atoms with E-state index in [2.05, 4.69) is 27.2 Å². The first-order valence-electron chi connectivity index (χ1n) is 9.30. The number of hydrogen-bond donors (Lipinski definition) is 1. The number of rotatable bonds is 4. The summed E-state index contributed by atoms with van der Waals surface area (Å²) in [6, 6.07) is 9.46. The van der Waals surface area contributed by atoms with Crippen LogP contribution in [0.25, 0.3) is 11.3 Å². The van der Waals surface area contributed by atoms with Crippen molar-refractivity contribution in [3.63, 3.8) is 0 Å². The number of carbonyl (C=O) groups excluding carboxylic acids is 1. The van der Waals surface area contributed by atoms with Gasteiger partial charge in [0, 0.05) is 49.3 Å². The monoisotopic (exact) mass is 377 g/mol. The number of nitrogens with zero attached hydrogens (tertiary/aromatic N) is 4. The van der Waals surface area contributed by atoms with Gasteiger partial charge in [-0.25, -0.2) is 0 Å². The van der Waals surface area contributed by atoms with Gasteiger partial charge in [0.1, 0.15) is 0 Å². The van der Waals surface area contributed by atoms with E-state index in [1.165, 1.54) is 0 Å². The molecule has 1 saturated heterocycles. The Morgan fingerprint density at radius 2 is 2.04 bits per heavy atom. The van der Waals surface area contributed by atoms with Crippen LogP contribution < -0.4 is 10.2 Å². The summed E-state index contributed by atoms with van der Waals surface area (Å²) in [4.78, 5) is 19.6. The number of pyridine rings is 1. The molecule has 144 valence electrons. The second-order valence-electron chi connectivity index (χ2n) is 6.86. The molecule has 1 N–H and O–H groups in total. The maximum Gasteiger partial charge on any atom is 0.255 e. The molecule has 28 heavy (non-hydrogen) atoms. The smallest absolute Gasteiger partial charge is 0.255 e. The van der Waals surface area contributed by atoms with Crippen molar-refractivity contribution < 1.29 is 9.53 Å². The van der Waals surface area contributed by atoms with Crippen LogP contribution in [0.4, 0.5) is 11.4 Å². The van der Waals surface area contributed by atoms with Crippen molar-refractivity contribution in [2.75, 3.05) is 36.5 Å². The standard InChI is InChI=1S/C21H23N5O2/c1-15-5-6-16(12-19(15)26-8-10-28-11-9-26)21(27)24-18-4-3-7-22-20(18)17-13-23-25(2)14-17/h3-7,12-14H,8-11H2,1-2H3,(H,24,27). The van der Waals surface area contributed by atoms with Gasteiger partial charge in [0.05, 0.1) is 30.8 Å². The number of anilines is 2. The highest BCUT2D eigenvalue weighted by atomic mass is 16.5. The second-order valence-corrected chi connectivity index (χ2v) is 6.86. The summed E-state index contributed by atoms with van der Waals surface area (Å²) >= 11 is 0. The number of morpholine rings is 1. The van der Waals surface area contributed by atoms with E-state index >= 15 is 0 Å². The molecular formula is C21H23N5O2. The predicted octanol–water partition coefficient (Wildman–Crippen LogP) is 2.88. The van der Waals surface area contributed by atoms with Gasteiger partial charge in [-0.05, 0) is 36.8 Å². The van der Waals surface area contributed by atoms with Crippen LogP contribution in [0, 0.1) is 6.92 Å². The van der Waals surface area contributed by atoms with Crippen molar-refractivity contribution in [2.45, 2.75) is 6.92 Å². The van der Waals surface area contributed by atoms with Crippen molar-refractivity contribution in [1.82, 2.24) is 14.8 Å². The molecule has 0 atom stereocenters. The lowest BCUT2D eigenvalue weighted by Crippen LogP contribution is -2.36. The zero-order chi connectivity index (χ0) is 19.5. The topological polar surface area (TPSA) is 72.3 Å². The van der Waals surface area contributed by atoms with Crippen molar-refractivity contribution in [3.05, 3.63) is 60.0 Å². The normalized spacial score (nSPS) is 14.1. The zero-order valence-electron chi connectivity index (χ0n) is 16.1. The first kappa shape index (κ1) is 18.2. The fourth-order valence-corrected chi connectivity index (χ4v) is 3.37. The van der Waals surface area contributed by atoms with Crippen LogP contribution in [0.3, 0.4) is 0 Å². The maximum absolute atomic E-state index is 12.9. The summed E-state index contributed by atoms with van der Waals surface area (Å²) in [5.41, 5.74) is 5.06. The summed E-state index contributed by atoms with van der Waals surface area (Å²) < 4.78 is 7.15. The van der Waals surface area contributed by atoms with Gasteiger partial charge in [-0.2, -0.15) is 5.10 Å². The third-order valence-electron chi connectivity index (χ3n) is 4.86. The Bertz CT molecular complexity index is 992. The summed E-state index contributed by atoms with van der Waals surface area (Å²) in [6.45, 7) is 5.15. The number of aryl methyl sites for hydroxylation is 2. The molecular weight excluding hydrogens is 354 g/mol. The van der Waals surface area contributed by atoms with Crippen molar-refractivity contribution in [3.8, 4) is 11.3 Å². The Balaban J connectivity index is 1.59. The Labute approximate surface area is 164 Å². The molecule has 1 fully saturated rings. The predicted molar refractivity (Wildman–Crippen MR) is 109 cm³/mol.